The third-order valence-electron chi connectivity index (χ3n) is 8.39. The van der Waals surface area contributed by atoms with Crippen LogP contribution < -0.4 is 10.6 Å². The van der Waals surface area contributed by atoms with Crippen LogP contribution in [0, 0.1) is 11.7 Å². The highest BCUT2D eigenvalue weighted by molar-refractivity contribution is 6.19. The average Bonchev–Trinajstić information content (AvgIpc) is 3.19. The highest BCUT2D eigenvalue weighted by atomic mass is 19.1. The molecule has 1 aliphatic carbocycles. The number of ether oxygens (including phenoxy) is 1. The number of carbonyl (C=O) groups is 1. The monoisotopic (exact) mass is 605 g/mol. The van der Waals surface area contributed by atoms with Gasteiger partial charge in [-0.15, -0.1) is 0 Å². The van der Waals surface area contributed by atoms with Crippen molar-refractivity contribution in [2.75, 3.05) is 18.9 Å². The van der Waals surface area contributed by atoms with Gasteiger partial charge in [0.05, 0.1) is 17.9 Å². The molecule has 0 spiro atoms. The summed E-state index contributed by atoms with van der Waals surface area (Å²) in [5, 5.41) is 5.84. The number of nitrogens with zero attached hydrogens (tertiary/aromatic N) is 5. The minimum absolute atomic E-state index is 0.0636. The van der Waals surface area contributed by atoms with Crippen molar-refractivity contribution < 1.29 is 13.9 Å². The summed E-state index contributed by atoms with van der Waals surface area (Å²) < 4.78 is 21.1. The molecule has 1 aromatic heterocycles. The van der Waals surface area contributed by atoms with Crippen LogP contribution in [0.25, 0.3) is 5.57 Å². The van der Waals surface area contributed by atoms with Gasteiger partial charge in [-0.05, 0) is 43.2 Å². The molecule has 0 bridgehead atoms. The van der Waals surface area contributed by atoms with Gasteiger partial charge in [0.1, 0.15) is 23.1 Å². The Bertz CT molecular complexity index is 1720. The van der Waals surface area contributed by atoms with Gasteiger partial charge in [-0.25, -0.2) is 14.4 Å². The first kappa shape index (κ1) is 30.2. The number of fused-ring (bicyclic) bond motifs is 1. The van der Waals surface area contributed by atoms with Gasteiger partial charge >= 0.3 is 0 Å². The highest BCUT2D eigenvalue weighted by Crippen LogP contribution is 2.38. The predicted octanol–water partition coefficient (Wildman–Crippen LogP) is 5.89. The first-order valence-corrected chi connectivity index (χ1v) is 15.4. The number of para-hydroxylation sites is 1. The third kappa shape index (κ3) is 6.51. The number of aromatic nitrogens is 2. The summed E-state index contributed by atoms with van der Waals surface area (Å²) in [6, 6.07) is 14.0. The molecule has 3 aromatic rings. The van der Waals surface area contributed by atoms with E-state index in [1.165, 1.54) is 18.2 Å². The standard InChI is InChI=1S/C35H36FN7O2/c1-4-29-38-18-24(19-39-29)25-16-17-28(22-12-8-13-22)41-31(25)21(2)45-30(37-3)20-40-34-35(44)43-33-26(14-9-15-27(33)36)32(42-34)23-10-6-5-7-11-23/h5-7,9-11,14-15,18-19,22,34,40H,2,4,8,12-13,16-17,20H2,1,3H3,(H,43,44). The maximum absolute atomic E-state index is 14.9. The maximum atomic E-state index is 14.9. The first-order chi connectivity index (χ1) is 21.9. The van der Waals surface area contributed by atoms with Crippen molar-refractivity contribution in [1.29, 1.82) is 0 Å². The van der Waals surface area contributed by atoms with Crippen LogP contribution in [0.5, 0.6) is 0 Å². The second-order valence-electron chi connectivity index (χ2n) is 11.2. The molecular formula is C35H36FN7O2. The number of carbonyl (C=O) groups excluding carboxylic acids is 1. The number of anilines is 1. The molecule has 6 rings (SSSR count). The zero-order valence-corrected chi connectivity index (χ0v) is 25.5. The zero-order chi connectivity index (χ0) is 31.3. The fraction of sp³-hybridized carbons (Fsp3) is 0.314. The van der Waals surface area contributed by atoms with Gasteiger partial charge < -0.3 is 10.1 Å². The molecular weight excluding hydrogens is 569 g/mol. The van der Waals surface area contributed by atoms with Crippen molar-refractivity contribution in [3.63, 3.8) is 0 Å². The average molecular weight is 606 g/mol. The quantitative estimate of drug-likeness (QED) is 0.180. The van der Waals surface area contributed by atoms with Crippen LogP contribution in [0.15, 0.2) is 93.9 Å². The third-order valence-corrected chi connectivity index (χ3v) is 8.39. The van der Waals surface area contributed by atoms with Crippen LogP contribution in [0.4, 0.5) is 10.1 Å². The second-order valence-corrected chi connectivity index (χ2v) is 11.2. The van der Waals surface area contributed by atoms with E-state index in [0.29, 0.717) is 34.5 Å². The summed E-state index contributed by atoms with van der Waals surface area (Å²) in [5.41, 5.74) is 5.56. The number of aryl methyl sites for hydroxylation is 1. The topological polar surface area (TPSA) is 113 Å². The molecule has 1 fully saturated rings. The number of amides is 1. The van der Waals surface area contributed by atoms with Gasteiger partial charge in [-0.2, -0.15) is 0 Å². The van der Waals surface area contributed by atoms with Gasteiger partial charge in [0, 0.05) is 48.3 Å². The number of allylic oxidation sites excluding steroid dienone is 1. The molecule has 230 valence electrons. The number of aliphatic imine (C=N–C) groups is 3. The van der Waals surface area contributed by atoms with E-state index in [0.717, 1.165) is 54.6 Å². The lowest BCUT2D eigenvalue weighted by Gasteiger charge is -2.30. The molecule has 3 aliphatic rings. The molecule has 2 N–H and O–H groups in total. The van der Waals surface area contributed by atoms with E-state index in [4.69, 9.17) is 14.7 Å². The summed E-state index contributed by atoms with van der Waals surface area (Å²) in [4.78, 5) is 36.4. The Balaban J connectivity index is 1.24. The van der Waals surface area contributed by atoms with Crippen molar-refractivity contribution in [3.05, 3.63) is 107 Å². The van der Waals surface area contributed by atoms with Crippen molar-refractivity contribution in [2.45, 2.75) is 51.6 Å². The van der Waals surface area contributed by atoms with Crippen LogP contribution in [0.2, 0.25) is 0 Å². The number of hydrogen-bond acceptors (Lipinski definition) is 8. The lowest BCUT2D eigenvalue weighted by atomic mass is 9.78. The summed E-state index contributed by atoms with van der Waals surface area (Å²) in [5.74, 6) is 0.902. The molecule has 1 atom stereocenters. The Labute approximate surface area is 262 Å². The van der Waals surface area contributed by atoms with Gasteiger partial charge in [0.15, 0.2) is 6.17 Å². The highest BCUT2D eigenvalue weighted by Gasteiger charge is 2.30. The lowest BCUT2D eigenvalue weighted by Crippen LogP contribution is -2.42. The SMILES string of the molecule is C=C(OC(CNC1N=C(c2ccccc2)c2cccc(F)c2NC1=O)=NC)C1=C(c2cnc(CC)nc2)CCC(C2CCC2)=N1. The Morgan fingerprint density at radius 1 is 1.09 bits per heavy atom. The Kier molecular flexibility index (Phi) is 9.02. The van der Waals surface area contributed by atoms with Gasteiger partial charge in [0.2, 0.25) is 5.90 Å². The van der Waals surface area contributed by atoms with Crippen molar-refractivity contribution in [2.24, 2.45) is 20.9 Å². The van der Waals surface area contributed by atoms with Crippen LogP contribution in [-0.4, -0.2) is 53.0 Å². The van der Waals surface area contributed by atoms with Crippen LogP contribution in [0.3, 0.4) is 0 Å². The number of rotatable bonds is 9. The summed E-state index contributed by atoms with van der Waals surface area (Å²) in [7, 11) is 1.61. The normalized spacial score (nSPS) is 18.7. The second kappa shape index (κ2) is 13.4. The minimum atomic E-state index is -1.04. The zero-order valence-electron chi connectivity index (χ0n) is 25.5. The molecule has 9 nitrogen and oxygen atoms in total. The molecule has 45 heavy (non-hydrogen) atoms. The Morgan fingerprint density at radius 3 is 2.56 bits per heavy atom. The largest absolute Gasteiger partial charge is 0.440 e. The summed E-state index contributed by atoms with van der Waals surface area (Å²) >= 11 is 0. The van der Waals surface area contributed by atoms with E-state index in [1.54, 1.807) is 19.2 Å². The van der Waals surface area contributed by atoms with Crippen molar-refractivity contribution >= 4 is 34.5 Å². The van der Waals surface area contributed by atoms with Gasteiger partial charge in [-0.3, -0.25) is 25.1 Å². The Hall–Kier alpha value is -4.83. The van der Waals surface area contributed by atoms with Crippen molar-refractivity contribution in [3.8, 4) is 0 Å². The number of halogens is 1. The number of nitrogens with one attached hydrogen (secondary N) is 2. The minimum Gasteiger partial charge on any atom is -0.440 e. The first-order valence-electron chi connectivity index (χ1n) is 15.4. The van der Waals surface area contributed by atoms with E-state index >= 15 is 0 Å². The number of benzene rings is 2. The van der Waals surface area contributed by atoms with Crippen LogP contribution in [0.1, 0.15) is 61.5 Å². The molecule has 0 radical (unpaired) electrons. The fourth-order valence-electron chi connectivity index (χ4n) is 5.68. The van der Waals surface area contributed by atoms with Crippen molar-refractivity contribution in [1.82, 2.24) is 15.3 Å². The van der Waals surface area contributed by atoms with E-state index in [2.05, 4.69) is 32.2 Å². The van der Waals surface area contributed by atoms with E-state index in [-0.39, 0.29) is 12.2 Å². The molecule has 1 saturated carbocycles. The van der Waals surface area contributed by atoms with Crippen LogP contribution >= 0.6 is 0 Å². The number of hydrogen-bond donors (Lipinski definition) is 2. The molecule has 2 aromatic carbocycles. The summed E-state index contributed by atoms with van der Waals surface area (Å²) in [6.07, 6.45) is 8.58. The maximum Gasteiger partial charge on any atom is 0.264 e. The molecule has 1 unspecified atom stereocenters. The molecule has 2 aliphatic heterocycles. The molecule has 10 heteroatoms. The molecule has 0 saturated heterocycles. The van der Waals surface area contributed by atoms with E-state index in [1.807, 2.05) is 49.6 Å². The Morgan fingerprint density at radius 2 is 1.87 bits per heavy atom. The number of benzodiazepines with no additional fused rings is 1. The van der Waals surface area contributed by atoms with Gasteiger partial charge in [-0.1, -0.05) is 62.4 Å². The summed E-state index contributed by atoms with van der Waals surface area (Å²) in [6.45, 7) is 6.33. The lowest BCUT2D eigenvalue weighted by molar-refractivity contribution is -0.117. The smallest absolute Gasteiger partial charge is 0.264 e. The molecule has 1 amide bonds. The predicted molar refractivity (Wildman–Crippen MR) is 175 cm³/mol. The molecule has 3 heterocycles. The van der Waals surface area contributed by atoms with Gasteiger partial charge in [0.25, 0.3) is 5.91 Å². The van der Waals surface area contributed by atoms with E-state index < -0.39 is 17.9 Å². The fourth-order valence-corrected chi connectivity index (χ4v) is 5.68. The van der Waals surface area contributed by atoms with Crippen LogP contribution in [-0.2, 0) is 16.0 Å². The van der Waals surface area contributed by atoms with E-state index in [9.17, 15) is 9.18 Å².